The molecule has 1 aliphatic carbocycles. The highest BCUT2D eigenvalue weighted by Crippen LogP contribution is 2.41. The van der Waals surface area contributed by atoms with Gasteiger partial charge in [0.25, 0.3) is 0 Å². The molecule has 1 aromatic carbocycles. The highest BCUT2D eigenvalue weighted by Gasteiger charge is 2.33. The van der Waals surface area contributed by atoms with Crippen molar-refractivity contribution in [1.82, 2.24) is 0 Å². The van der Waals surface area contributed by atoms with E-state index in [2.05, 4.69) is 0 Å². The summed E-state index contributed by atoms with van der Waals surface area (Å²) in [7, 11) is 0. The third kappa shape index (κ3) is 4.87. The van der Waals surface area contributed by atoms with Crippen LogP contribution in [0.15, 0.2) is 24.0 Å². The van der Waals surface area contributed by atoms with E-state index in [9.17, 15) is 13.2 Å². The van der Waals surface area contributed by atoms with Crippen molar-refractivity contribution in [2.24, 2.45) is 11.8 Å². The lowest BCUT2D eigenvalue weighted by Gasteiger charge is -2.37. The molecule has 1 saturated carbocycles. The Morgan fingerprint density at radius 3 is 2.44 bits per heavy atom. The molecular weight excluding hydrogens is 353 g/mol. The van der Waals surface area contributed by atoms with Gasteiger partial charge in [-0.3, -0.25) is 0 Å². The molecule has 2 unspecified atom stereocenters. The molecule has 0 amide bonds. The zero-order chi connectivity index (χ0) is 19.4. The minimum Gasteiger partial charge on any atom is -0.491 e. The molecule has 27 heavy (non-hydrogen) atoms. The molecule has 0 aromatic heterocycles. The first-order valence-corrected chi connectivity index (χ1v) is 10.1. The Morgan fingerprint density at radius 2 is 1.85 bits per heavy atom. The molecule has 2 atom stereocenters. The van der Waals surface area contributed by atoms with Gasteiger partial charge in [-0.1, -0.05) is 6.07 Å². The second-order valence-corrected chi connectivity index (χ2v) is 7.79. The molecule has 1 aliphatic heterocycles. The number of hydrogen-bond donors (Lipinski definition) is 0. The summed E-state index contributed by atoms with van der Waals surface area (Å²) in [5.74, 6) is -1.15. The Morgan fingerprint density at radius 1 is 1.11 bits per heavy atom. The maximum atomic E-state index is 14.5. The molecule has 150 valence electrons. The van der Waals surface area contributed by atoms with E-state index in [0.29, 0.717) is 24.7 Å². The fourth-order valence-electron chi connectivity index (χ4n) is 4.55. The largest absolute Gasteiger partial charge is 0.491 e. The maximum Gasteiger partial charge on any atom is 0.200 e. The Balaban J connectivity index is 1.55. The SMILES string of the molecule is CCOc1ccc(C2CCC(C3CCC(/C=C(/C)F)CO3)CC2)c(F)c1F. The monoisotopic (exact) mass is 382 g/mol. The topological polar surface area (TPSA) is 18.5 Å². The van der Waals surface area contributed by atoms with E-state index in [1.807, 2.05) is 0 Å². The molecule has 1 heterocycles. The van der Waals surface area contributed by atoms with Gasteiger partial charge in [0.1, 0.15) is 0 Å². The summed E-state index contributed by atoms with van der Waals surface area (Å²) < 4.78 is 52.7. The van der Waals surface area contributed by atoms with Gasteiger partial charge in [0.15, 0.2) is 11.6 Å². The number of allylic oxidation sites excluding steroid dienone is 1. The zero-order valence-corrected chi connectivity index (χ0v) is 16.1. The molecule has 1 saturated heterocycles. The number of hydrogen-bond acceptors (Lipinski definition) is 2. The number of halogens is 3. The van der Waals surface area contributed by atoms with Crippen LogP contribution in [0.3, 0.4) is 0 Å². The minimum atomic E-state index is -0.880. The molecule has 2 aliphatic rings. The van der Waals surface area contributed by atoms with E-state index in [0.717, 1.165) is 38.5 Å². The van der Waals surface area contributed by atoms with Crippen molar-refractivity contribution >= 4 is 0 Å². The van der Waals surface area contributed by atoms with E-state index in [1.165, 1.54) is 13.0 Å². The Bertz CT molecular complexity index is 654. The zero-order valence-electron chi connectivity index (χ0n) is 16.1. The van der Waals surface area contributed by atoms with Crippen molar-refractivity contribution in [3.63, 3.8) is 0 Å². The van der Waals surface area contributed by atoms with Gasteiger partial charge in [-0.05, 0) is 81.9 Å². The van der Waals surface area contributed by atoms with Crippen LogP contribution in [0, 0.1) is 23.5 Å². The van der Waals surface area contributed by atoms with Crippen molar-refractivity contribution in [3.05, 3.63) is 41.2 Å². The normalized spacial score (nSPS) is 29.6. The van der Waals surface area contributed by atoms with Crippen LogP contribution >= 0.6 is 0 Å². The Kier molecular flexibility index (Phi) is 6.85. The van der Waals surface area contributed by atoms with Crippen molar-refractivity contribution in [2.75, 3.05) is 13.2 Å². The minimum absolute atomic E-state index is 0.0184. The molecule has 2 nitrogen and oxygen atoms in total. The lowest BCUT2D eigenvalue weighted by Crippen LogP contribution is -2.33. The van der Waals surface area contributed by atoms with Gasteiger partial charge in [-0.2, -0.15) is 4.39 Å². The average molecular weight is 382 g/mol. The summed E-state index contributed by atoms with van der Waals surface area (Å²) in [5, 5.41) is 0. The van der Waals surface area contributed by atoms with Gasteiger partial charge in [0, 0.05) is 5.92 Å². The molecule has 2 fully saturated rings. The molecule has 0 bridgehead atoms. The molecule has 0 N–H and O–H groups in total. The lowest BCUT2D eigenvalue weighted by molar-refractivity contribution is -0.0473. The van der Waals surface area contributed by atoms with Crippen LogP contribution in [0.4, 0.5) is 13.2 Å². The van der Waals surface area contributed by atoms with Gasteiger partial charge in [-0.25, -0.2) is 8.78 Å². The van der Waals surface area contributed by atoms with Crippen molar-refractivity contribution in [3.8, 4) is 5.75 Å². The molecule has 5 heteroatoms. The van der Waals surface area contributed by atoms with Crippen LogP contribution in [0.5, 0.6) is 5.75 Å². The lowest BCUT2D eigenvalue weighted by atomic mass is 9.75. The summed E-state index contributed by atoms with van der Waals surface area (Å²) in [6, 6.07) is 3.20. The third-order valence-corrected chi connectivity index (χ3v) is 5.93. The van der Waals surface area contributed by atoms with Crippen molar-refractivity contribution < 1.29 is 22.6 Å². The Hall–Kier alpha value is -1.49. The van der Waals surface area contributed by atoms with Crippen LogP contribution in [0.25, 0.3) is 0 Å². The predicted molar refractivity (Wildman–Crippen MR) is 99.6 cm³/mol. The first-order valence-electron chi connectivity index (χ1n) is 10.1. The van der Waals surface area contributed by atoms with Gasteiger partial charge < -0.3 is 9.47 Å². The quantitative estimate of drug-likeness (QED) is 0.594. The average Bonchev–Trinajstić information content (AvgIpc) is 2.66. The molecule has 3 rings (SSSR count). The summed E-state index contributed by atoms with van der Waals surface area (Å²) in [6.07, 6.45) is 7.32. The molecule has 0 radical (unpaired) electrons. The van der Waals surface area contributed by atoms with Gasteiger partial charge >= 0.3 is 0 Å². The summed E-state index contributed by atoms with van der Waals surface area (Å²) >= 11 is 0. The second kappa shape index (κ2) is 9.13. The first-order chi connectivity index (χ1) is 13.0. The maximum absolute atomic E-state index is 14.5. The summed E-state index contributed by atoms with van der Waals surface area (Å²) in [5.41, 5.74) is 0.461. The first kappa shape index (κ1) is 20.2. The van der Waals surface area contributed by atoms with E-state index >= 15 is 0 Å². The Labute approximate surface area is 159 Å². The second-order valence-electron chi connectivity index (χ2n) is 7.79. The number of benzene rings is 1. The third-order valence-electron chi connectivity index (χ3n) is 5.93. The molecular formula is C22H29F3O2. The van der Waals surface area contributed by atoms with Crippen LogP contribution in [0.2, 0.25) is 0 Å². The number of rotatable bonds is 5. The van der Waals surface area contributed by atoms with E-state index in [4.69, 9.17) is 9.47 Å². The van der Waals surface area contributed by atoms with Crippen molar-refractivity contribution in [2.45, 2.75) is 64.4 Å². The summed E-state index contributed by atoms with van der Waals surface area (Å²) in [4.78, 5) is 0. The standard InChI is InChI=1S/C22H29F3O2/c1-3-26-20-11-9-18(21(24)22(20)25)16-5-7-17(8-6-16)19-10-4-15(13-27-19)12-14(2)23/h9,11-12,15-17,19H,3-8,10,13H2,1-2H3/b14-12-. The highest BCUT2D eigenvalue weighted by atomic mass is 19.2. The van der Waals surface area contributed by atoms with Gasteiger partial charge in [-0.15, -0.1) is 0 Å². The predicted octanol–water partition coefficient (Wildman–Crippen LogP) is 6.31. The fraction of sp³-hybridized carbons (Fsp3) is 0.636. The van der Waals surface area contributed by atoms with E-state index in [-0.39, 0.29) is 29.5 Å². The van der Waals surface area contributed by atoms with Crippen LogP contribution in [-0.2, 0) is 4.74 Å². The molecule has 1 aromatic rings. The van der Waals surface area contributed by atoms with Crippen molar-refractivity contribution in [1.29, 1.82) is 0 Å². The highest BCUT2D eigenvalue weighted by molar-refractivity contribution is 5.33. The van der Waals surface area contributed by atoms with Crippen LogP contribution in [-0.4, -0.2) is 19.3 Å². The van der Waals surface area contributed by atoms with Crippen LogP contribution < -0.4 is 4.74 Å². The molecule has 0 spiro atoms. The van der Waals surface area contributed by atoms with Gasteiger partial charge in [0.05, 0.1) is 25.1 Å². The van der Waals surface area contributed by atoms with E-state index in [1.54, 1.807) is 19.1 Å². The van der Waals surface area contributed by atoms with Crippen LogP contribution in [0.1, 0.15) is 63.9 Å². The summed E-state index contributed by atoms with van der Waals surface area (Å²) in [6.45, 7) is 4.10. The van der Waals surface area contributed by atoms with Gasteiger partial charge in [0.2, 0.25) is 5.82 Å². The smallest absolute Gasteiger partial charge is 0.200 e. The van der Waals surface area contributed by atoms with E-state index < -0.39 is 11.6 Å². The number of ether oxygens (including phenoxy) is 2. The fourth-order valence-corrected chi connectivity index (χ4v) is 4.55.